The third-order valence-corrected chi connectivity index (χ3v) is 9.16. The fourth-order valence-corrected chi connectivity index (χ4v) is 6.40. The van der Waals surface area contributed by atoms with Crippen molar-refractivity contribution >= 4 is 32.5 Å². The molecule has 1 aromatic heterocycles. The number of alkyl halides is 2. The normalized spacial score (nSPS) is 13.0. The summed E-state index contributed by atoms with van der Waals surface area (Å²) in [6.07, 6.45) is 0.170. The van der Waals surface area contributed by atoms with E-state index in [4.69, 9.17) is 9.47 Å². The van der Waals surface area contributed by atoms with Gasteiger partial charge in [-0.15, -0.1) is 0 Å². The van der Waals surface area contributed by atoms with Gasteiger partial charge in [0, 0.05) is 34.3 Å². The zero-order valence-electron chi connectivity index (χ0n) is 26.4. The van der Waals surface area contributed by atoms with Gasteiger partial charge in [0.2, 0.25) is 0 Å². The maximum absolute atomic E-state index is 14.0. The van der Waals surface area contributed by atoms with Crippen molar-refractivity contribution in [3.63, 3.8) is 0 Å². The second kappa shape index (κ2) is 12.2. The average Bonchev–Trinajstić information content (AvgIpc) is 3.34. The van der Waals surface area contributed by atoms with Crippen molar-refractivity contribution < 1.29 is 31.5 Å². The molecule has 0 amide bonds. The molecule has 0 spiro atoms. The third-order valence-electron chi connectivity index (χ3n) is 7.47. The Hall–Kier alpha value is -3.98. The first-order valence-corrected chi connectivity index (χ1v) is 15.7. The van der Waals surface area contributed by atoms with Crippen LogP contribution < -0.4 is 4.74 Å². The number of benzene rings is 3. The van der Waals surface area contributed by atoms with E-state index >= 15 is 0 Å². The molecular formula is C35H39F2NO5S. The van der Waals surface area contributed by atoms with Crippen LogP contribution in [0.15, 0.2) is 77.8 Å². The van der Waals surface area contributed by atoms with E-state index in [1.807, 2.05) is 32.9 Å². The van der Waals surface area contributed by atoms with E-state index < -0.39 is 34.4 Å². The van der Waals surface area contributed by atoms with Crippen molar-refractivity contribution in [1.82, 2.24) is 3.97 Å². The molecule has 0 aliphatic carbocycles. The van der Waals surface area contributed by atoms with Gasteiger partial charge in [-0.1, -0.05) is 71.9 Å². The number of aromatic nitrogens is 1. The molecule has 6 nitrogen and oxygen atoms in total. The van der Waals surface area contributed by atoms with Crippen LogP contribution in [0.1, 0.15) is 65.2 Å². The van der Waals surface area contributed by atoms with E-state index in [1.54, 1.807) is 43.3 Å². The molecule has 0 aliphatic heterocycles. The zero-order valence-corrected chi connectivity index (χ0v) is 27.2. The van der Waals surface area contributed by atoms with Crippen molar-refractivity contribution in [3.8, 4) is 16.9 Å². The van der Waals surface area contributed by atoms with Gasteiger partial charge in [-0.25, -0.2) is 26.0 Å². The van der Waals surface area contributed by atoms with Gasteiger partial charge in [-0.05, 0) is 64.8 Å². The summed E-state index contributed by atoms with van der Waals surface area (Å²) in [4.78, 5) is 12.1. The van der Waals surface area contributed by atoms with Crippen molar-refractivity contribution in [1.29, 1.82) is 0 Å². The Bertz CT molecular complexity index is 1830. The van der Waals surface area contributed by atoms with Crippen molar-refractivity contribution in [2.24, 2.45) is 0 Å². The lowest BCUT2D eigenvalue weighted by atomic mass is 9.78. The van der Waals surface area contributed by atoms with Crippen LogP contribution in [-0.4, -0.2) is 38.5 Å². The Kier molecular flexibility index (Phi) is 9.12. The van der Waals surface area contributed by atoms with Gasteiger partial charge in [0.25, 0.3) is 16.4 Å². The topological polar surface area (TPSA) is 74.6 Å². The molecule has 44 heavy (non-hydrogen) atoms. The van der Waals surface area contributed by atoms with E-state index in [2.05, 4.69) is 20.8 Å². The molecular weight excluding hydrogens is 584 g/mol. The first kappa shape index (κ1) is 32.9. The number of esters is 1. The number of carbonyl (C=O) groups excluding carboxylic acids is 1. The molecule has 0 aliphatic rings. The lowest BCUT2D eigenvalue weighted by molar-refractivity contribution is -0.134. The van der Waals surface area contributed by atoms with Crippen molar-refractivity contribution in [2.45, 2.75) is 70.6 Å². The number of carbonyl (C=O) groups is 1. The molecule has 0 saturated heterocycles. The van der Waals surface area contributed by atoms with Crippen LogP contribution in [0.5, 0.6) is 5.75 Å². The van der Waals surface area contributed by atoms with E-state index in [-0.39, 0.29) is 16.1 Å². The zero-order chi connectivity index (χ0) is 32.6. The Balaban J connectivity index is 2.17. The number of halogens is 2. The first-order valence-electron chi connectivity index (χ1n) is 14.3. The monoisotopic (exact) mass is 623 g/mol. The predicted octanol–water partition coefficient (Wildman–Crippen LogP) is 8.36. The molecule has 234 valence electrons. The lowest BCUT2D eigenvalue weighted by Crippen LogP contribution is -2.20. The summed E-state index contributed by atoms with van der Waals surface area (Å²) in [7, 11) is -2.77. The molecule has 0 fully saturated rings. The standard InChI is InChI=1S/C35H39F2NO5S/c1-22(16-32(39)42-8)23-14-15-30-26(17-23)28(20-38(30)44(40,41)25-12-10-9-11-13-25)27-18-24(34(2,3)4)19-29(35(5,6)7)33(27)43-21-31(36)37/h9-20,31H,21H2,1-8H3. The molecule has 0 saturated carbocycles. The average molecular weight is 624 g/mol. The molecule has 1 heterocycles. The summed E-state index contributed by atoms with van der Waals surface area (Å²) in [5.41, 5.74) is 3.50. The molecule has 0 radical (unpaired) electrons. The number of methoxy groups -OCH3 is 1. The Morgan fingerprint density at radius 1 is 0.932 bits per heavy atom. The van der Waals surface area contributed by atoms with Gasteiger partial charge >= 0.3 is 5.97 Å². The van der Waals surface area contributed by atoms with Gasteiger partial charge in [0.05, 0.1) is 17.5 Å². The summed E-state index contributed by atoms with van der Waals surface area (Å²) in [6, 6.07) is 17.2. The van der Waals surface area contributed by atoms with E-state index in [0.717, 1.165) is 11.1 Å². The number of rotatable bonds is 8. The Morgan fingerprint density at radius 3 is 2.16 bits per heavy atom. The maximum Gasteiger partial charge on any atom is 0.330 e. The quantitative estimate of drug-likeness (QED) is 0.146. The number of hydrogen-bond donors (Lipinski definition) is 0. The van der Waals surface area contributed by atoms with E-state index in [1.165, 1.54) is 35.5 Å². The summed E-state index contributed by atoms with van der Waals surface area (Å²) in [5.74, 6) is -0.253. The van der Waals surface area contributed by atoms with Crippen LogP contribution in [-0.2, 0) is 30.4 Å². The van der Waals surface area contributed by atoms with Crippen molar-refractivity contribution in [3.05, 3.63) is 89.6 Å². The molecule has 4 rings (SSSR count). The minimum absolute atomic E-state index is 0.0993. The minimum atomic E-state index is -4.06. The van der Waals surface area contributed by atoms with Crippen molar-refractivity contribution in [2.75, 3.05) is 13.7 Å². The van der Waals surface area contributed by atoms with Gasteiger partial charge in [0.1, 0.15) is 12.4 Å². The second-order valence-electron chi connectivity index (χ2n) is 12.8. The molecule has 0 bridgehead atoms. The van der Waals surface area contributed by atoms with E-state index in [0.29, 0.717) is 33.2 Å². The van der Waals surface area contributed by atoms with Gasteiger partial charge in [-0.3, -0.25) is 0 Å². The minimum Gasteiger partial charge on any atom is -0.487 e. The molecule has 0 N–H and O–H groups in total. The number of allylic oxidation sites excluding steroid dienone is 1. The molecule has 0 unspecified atom stereocenters. The highest BCUT2D eigenvalue weighted by Gasteiger charge is 2.30. The van der Waals surface area contributed by atoms with Gasteiger partial charge in [0.15, 0.2) is 0 Å². The van der Waals surface area contributed by atoms with Crippen LogP contribution in [0.4, 0.5) is 8.78 Å². The fraction of sp³-hybridized carbons (Fsp3) is 0.343. The third kappa shape index (κ3) is 6.73. The fourth-order valence-electron chi connectivity index (χ4n) is 5.00. The van der Waals surface area contributed by atoms with Crippen LogP contribution in [0.25, 0.3) is 27.6 Å². The summed E-state index contributed by atoms with van der Waals surface area (Å²) in [5, 5.41) is 0.549. The highest BCUT2D eigenvalue weighted by molar-refractivity contribution is 7.90. The molecule has 9 heteroatoms. The van der Waals surface area contributed by atoms with E-state index in [9.17, 15) is 22.0 Å². The SMILES string of the molecule is COC(=O)C=C(C)c1ccc2c(c1)c(-c1cc(C(C)(C)C)cc(C(C)(C)C)c1OCC(F)F)cn2S(=O)(=O)c1ccccc1. The molecule has 0 atom stereocenters. The van der Waals surface area contributed by atoms with Crippen LogP contribution >= 0.6 is 0 Å². The predicted molar refractivity (Wildman–Crippen MR) is 171 cm³/mol. The maximum atomic E-state index is 14.0. The lowest BCUT2D eigenvalue weighted by Gasteiger charge is -2.29. The van der Waals surface area contributed by atoms with Gasteiger partial charge in [-0.2, -0.15) is 0 Å². The number of ether oxygens (including phenoxy) is 2. The van der Waals surface area contributed by atoms with Crippen LogP contribution in [0, 0.1) is 0 Å². The number of fused-ring (bicyclic) bond motifs is 1. The van der Waals surface area contributed by atoms with Crippen LogP contribution in [0.3, 0.4) is 0 Å². The Morgan fingerprint density at radius 2 is 1.59 bits per heavy atom. The Labute approximate surface area is 258 Å². The number of nitrogens with zero attached hydrogens (tertiary/aromatic N) is 1. The molecule has 3 aromatic carbocycles. The van der Waals surface area contributed by atoms with Crippen LogP contribution in [0.2, 0.25) is 0 Å². The smallest absolute Gasteiger partial charge is 0.330 e. The highest BCUT2D eigenvalue weighted by Crippen LogP contribution is 2.46. The summed E-state index contributed by atoms with van der Waals surface area (Å²) >= 11 is 0. The molecule has 4 aromatic rings. The summed E-state index contributed by atoms with van der Waals surface area (Å²) < 4.78 is 67.0. The number of hydrogen-bond acceptors (Lipinski definition) is 5. The largest absolute Gasteiger partial charge is 0.487 e. The highest BCUT2D eigenvalue weighted by atomic mass is 32.2. The summed E-state index contributed by atoms with van der Waals surface area (Å²) in [6.45, 7) is 13.0. The first-order chi connectivity index (χ1) is 20.4. The van der Waals surface area contributed by atoms with Gasteiger partial charge < -0.3 is 9.47 Å². The second-order valence-corrected chi connectivity index (χ2v) is 14.7.